The average molecular weight is 414 g/mol. The molecule has 8 heteroatoms. The number of hydrogen-bond acceptors (Lipinski definition) is 5. The number of Topliss-reactive ketones (excluding diaryl/α,β-unsaturated/α-hetero) is 1. The SMILES string of the molecule is O=C(CCC(=O)c1ccccc1)NCc1nnnn1-c1ccc(Br)cc1. The fraction of sp³-hybridized carbons (Fsp3) is 0.167. The van der Waals surface area contributed by atoms with Gasteiger partial charge in [0.05, 0.1) is 12.2 Å². The zero-order valence-electron chi connectivity index (χ0n) is 13.8. The second-order valence-electron chi connectivity index (χ2n) is 5.55. The number of carbonyl (C=O) groups excluding carboxylic acids is 2. The Balaban J connectivity index is 1.53. The molecule has 132 valence electrons. The van der Waals surface area contributed by atoms with Gasteiger partial charge in [0.15, 0.2) is 11.6 Å². The molecule has 26 heavy (non-hydrogen) atoms. The van der Waals surface area contributed by atoms with E-state index in [1.165, 1.54) is 0 Å². The zero-order chi connectivity index (χ0) is 18.4. The molecule has 0 unspecified atom stereocenters. The van der Waals surface area contributed by atoms with Gasteiger partial charge in [0, 0.05) is 22.9 Å². The third kappa shape index (κ3) is 4.60. The van der Waals surface area contributed by atoms with Gasteiger partial charge >= 0.3 is 0 Å². The van der Waals surface area contributed by atoms with Crippen LogP contribution < -0.4 is 5.32 Å². The summed E-state index contributed by atoms with van der Waals surface area (Å²) in [6.07, 6.45) is 0.279. The standard InChI is InChI=1S/C18H16BrN5O2/c19-14-6-8-15(9-7-14)24-17(21-22-23-24)12-20-18(26)11-10-16(25)13-4-2-1-3-5-13/h1-9H,10-12H2,(H,20,26). The van der Waals surface area contributed by atoms with Crippen molar-refractivity contribution in [3.63, 3.8) is 0 Å². The van der Waals surface area contributed by atoms with Crippen LogP contribution in [0.15, 0.2) is 59.1 Å². The Morgan fingerprint density at radius 2 is 1.73 bits per heavy atom. The molecule has 2 aromatic carbocycles. The lowest BCUT2D eigenvalue weighted by Crippen LogP contribution is -2.25. The maximum absolute atomic E-state index is 12.0. The lowest BCUT2D eigenvalue weighted by molar-refractivity contribution is -0.121. The number of benzene rings is 2. The second kappa shape index (κ2) is 8.48. The molecule has 3 rings (SSSR count). The summed E-state index contributed by atoms with van der Waals surface area (Å²) in [5.41, 5.74) is 1.40. The van der Waals surface area contributed by atoms with Crippen molar-refractivity contribution < 1.29 is 9.59 Å². The molecule has 0 spiro atoms. The number of ketones is 1. The molecular weight excluding hydrogens is 398 g/mol. The molecule has 1 N–H and O–H groups in total. The van der Waals surface area contributed by atoms with Crippen LogP contribution in [-0.4, -0.2) is 31.9 Å². The molecule has 0 saturated heterocycles. The number of halogens is 1. The van der Waals surface area contributed by atoms with Crippen LogP contribution in [0.25, 0.3) is 5.69 Å². The molecule has 1 amide bonds. The maximum Gasteiger partial charge on any atom is 0.220 e. The zero-order valence-corrected chi connectivity index (χ0v) is 15.4. The number of hydrogen-bond donors (Lipinski definition) is 1. The van der Waals surface area contributed by atoms with Crippen molar-refractivity contribution in [2.45, 2.75) is 19.4 Å². The number of nitrogens with zero attached hydrogens (tertiary/aromatic N) is 4. The Hall–Kier alpha value is -2.87. The topological polar surface area (TPSA) is 89.8 Å². The van der Waals surface area contributed by atoms with Gasteiger partial charge in [-0.2, -0.15) is 4.68 Å². The summed E-state index contributed by atoms with van der Waals surface area (Å²) in [6, 6.07) is 16.4. The summed E-state index contributed by atoms with van der Waals surface area (Å²) < 4.78 is 2.51. The average Bonchev–Trinajstić information content (AvgIpc) is 3.14. The van der Waals surface area contributed by atoms with E-state index in [1.54, 1.807) is 28.9 Å². The molecule has 0 fully saturated rings. The highest BCUT2D eigenvalue weighted by Crippen LogP contribution is 2.14. The maximum atomic E-state index is 12.0. The Kier molecular flexibility index (Phi) is 5.85. The van der Waals surface area contributed by atoms with E-state index in [2.05, 4.69) is 36.8 Å². The highest BCUT2D eigenvalue weighted by molar-refractivity contribution is 9.10. The molecule has 1 aromatic heterocycles. The van der Waals surface area contributed by atoms with E-state index in [0.29, 0.717) is 11.4 Å². The van der Waals surface area contributed by atoms with Gasteiger partial charge in [-0.3, -0.25) is 9.59 Å². The summed E-state index contributed by atoms with van der Waals surface area (Å²) in [6.45, 7) is 0.182. The number of tetrazole rings is 1. The molecule has 0 saturated carbocycles. The van der Waals surface area contributed by atoms with Crippen molar-refractivity contribution in [3.8, 4) is 5.69 Å². The van der Waals surface area contributed by atoms with E-state index in [-0.39, 0.29) is 31.1 Å². The van der Waals surface area contributed by atoms with Gasteiger partial charge in [0.1, 0.15) is 0 Å². The van der Waals surface area contributed by atoms with E-state index >= 15 is 0 Å². The lowest BCUT2D eigenvalue weighted by atomic mass is 10.1. The number of aromatic nitrogens is 4. The van der Waals surface area contributed by atoms with Crippen LogP contribution in [0.5, 0.6) is 0 Å². The van der Waals surface area contributed by atoms with E-state index < -0.39 is 0 Å². The monoisotopic (exact) mass is 413 g/mol. The Morgan fingerprint density at radius 3 is 2.46 bits per heavy atom. The molecule has 0 aliphatic rings. The van der Waals surface area contributed by atoms with Gasteiger partial charge in [-0.25, -0.2) is 0 Å². The molecule has 3 aromatic rings. The molecule has 0 bridgehead atoms. The summed E-state index contributed by atoms with van der Waals surface area (Å²) >= 11 is 3.38. The third-order valence-electron chi connectivity index (χ3n) is 3.72. The smallest absolute Gasteiger partial charge is 0.220 e. The van der Waals surface area contributed by atoms with Crippen LogP contribution >= 0.6 is 15.9 Å². The summed E-state index contributed by atoms with van der Waals surface area (Å²) in [7, 11) is 0. The lowest BCUT2D eigenvalue weighted by Gasteiger charge is -2.06. The van der Waals surface area contributed by atoms with Crippen molar-refractivity contribution in [1.29, 1.82) is 0 Å². The van der Waals surface area contributed by atoms with Crippen molar-refractivity contribution in [2.75, 3.05) is 0 Å². The minimum atomic E-state index is -0.223. The third-order valence-corrected chi connectivity index (χ3v) is 4.25. The predicted molar refractivity (Wildman–Crippen MR) is 98.7 cm³/mol. The van der Waals surface area contributed by atoms with Crippen molar-refractivity contribution >= 4 is 27.6 Å². The normalized spacial score (nSPS) is 10.5. The number of amides is 1. The van der Waals surface area contributed by atoms with Crippen LogP contribution in [-0.2, 0) is 11.3 Å². The number of nitrogens with one attached hydrogen (secondary N) is 1. The van der Waals surface area contributed by atoms with Gasteiger partial charge in [-0.1, -0.05) is 46.3 Å². The van der Waals surface area contributed by atoms with E-state index in [0.717, 1.165) is 10.2 Å². The molecule has 1 heterocycles. The predicted octanol–water partition coefficient (Wildman–Crippen LogP) is 2.70. The van der Waals surface area contributed by atoms with Gasteiger partial charge < -0.3 is 5.32 Å². The highest BCUT2D eigenvalue weighted by Gasteiger charge is 2.12. The number of rotatable bonds is 7. The van der Waals surface area contributed by atoms with Crippen molar-refractivity contribution in [2.24, 2.45) is 0 Å². The molecule has 0 atom stereocenters. The van der Waals surface area contributed by atoms with Crippen molar-refractivity contribution in [1.82, 2.24) is 25.5 Å². The minimum Gasteiger partial charge on any atom is -0.349 e. The molecular formula is C18H16BrN5O2. The molecule has 0 aliphatic carbocycles. The van der Waals surface area contributed by atoms with Crippen LogP contribution in [0.4, 0.5) is 0 Å². The van der Waals surface area contributed by atoms with Gasteiger partial charge in [-0.05, 0) is 34.7 Å². The Labute approximate surface area is 158 Å². The van der Waals surface area contributed by atoms with Gasteiger partial charge in [0.25, 0.3) is 0 Å². The first-order chi connectivity index (χ1) is 12.6. The van der Waals surface area contributed by atoms with Crippen LogP contribution in [0, 0.1) is 0 Å². The molecule has 0 radical (unpaired) electrons. The van der Waals surface area contributed by atoms with E-state index in [9.17, 15) is 9.59 Å². The fourth-order valence-corrected chi connectivity index (χ4v) is 2.62. The number of carbonyl (C=O) groups is 2. The quantitative estimate of drug-likeness (QED) is 0.601. The summed E-state index contributed by atoms with van der Waals surface area (Å²) in [5, 5.41) is 14.3. The van der Waals surface area contributed by atoms with Gasteiger partial charge in [-0.15, -0.1) is 5.10 Å². The van der Waals surface area contributed by atoms with Crippen LogP contribution in [0.3, 0.4) is 0 Å². The van der Waals surface area contributed by atoms with Crippen LogP contribution in [0.1, 0.15) is 29.0 Å². The second-order valence-corrected chi connectivity index (χ2v) is 6.46. The Bertz CT molecular complexity index is 893. The van der Waals surface area contributed by atoms with E-state index in [4.69, 9.17) is 0 Å². The largest absolute Gasteiger partial charge is 0.349 e. The van der Waals surface area contributed by atoms with Crippen LogP contribution in [0.2, 0.25) is 0 Å². The highest BCUT2D eigenvalue weighted by atomic mass is 79.9. The first kappa shape index (κ1) is 17.9. The summed E-state index contributed by atoms with van der Waals surface area (Å²) in [4.78, 5) is 24.0. The van der Waals surface area contributed by atoms with E-state index in [1.807, 2.05) is 30.3 Å². The van der Waals surface area contributed by atoms with Crippen molar-refractivity contribution in [3.05, 3.63) is 70.5 Å². The first-order valence-corrected chi connectivity index (χ1v) is 8.81. The summed E-state index contributed by atoms with van der Waals surface area (Å²) in [5.74, 6) is 0.232. The molecule has 7 nitrogen and oxygen atoms in total. The first-order valence-electron chi connectivity index (χ1n) is 8.01. The Morgan fingerprint density at radius 1 is 1.00 bits per heavy atom. The minimum absolute atomic E-state index is 0.0551. The van der Waals surface area contributed by atoms with Gasteiger partial charge in [0.2, 0.25) is 5.91 Å². The fourth-order valence-electron chi connectivity index (χ4n) is 2.36. The molecule has 0 aliphatic heterocycles.